The molecular formula is C23H25N3O5. The van der Waals surface area contributed by atoms with Gasteiger partial charge < -0.3 is 14.6 Å². The van der Waals surface area contributed by atoms with E-state index in [1.165, 1.54) is 23.0 Å². The molecule has 1 N–H and O–H groups in total. The van der Waals surface area contributed by atoms with Crippen LogP contribution in [0.3, 0.4) is 0 Å². The Morgan fingerprint density at radius 2 is 2.06 bits per heavy atom. The van der Waals surface area contributed by atoms with Crippen molar-refractivity contribution in [3.63, 3.8) is 0 Å². The van der Waals surface area contributed by atoms with Gasteiger partial charge in [-0.15, -0.1) is 0 Å². The molecule has 162 valence electrons. The Morgan fingerprint density at radius 3 is 2.90 bits per heavy atom. The van der Waals surface area contributed by atoms with Crippen LogP contribution in [0.1, 0.15) is 22.3 Å². The molecule has 1 aromatic heterocycles. The summed E-state index contributed by atoms with van der Waals surface area (Å²) in [5.41, 5.74) is 1.68. The third kappa shape index (κ3) is 4.76. The summed E-state index contributed by atoms with van der Waals surface area (Å²) in [5, 5.41) is 9.71. The number of carboxylic acid groups (broad SMARTS) is 1. The molecule has 2 aromatic carbocycles. The molecule has 1 fully saturated rings. The Bertz CT molecular complexity index is 1150. The molecule has 0 aliphatic carbocycles. The predicted molar refractivity (Wildman–Crippen MR) is 116 cm³/mol. The normalized spacial score (nSPS) is 15.0. The molecule has 31 heavy (non-hydrogen) atoms. The fourth-order valence-corrected chi connectivity index (χ4v) is 3.68. The van der Waals surface area contributed by atoms with Crippen LogP contribution >= 0.6 is 0 Å². The molecule has 0 atom stereocenters. The van der Waals surface area contributed by atoms with Gasteiger partial charge in [0.15, 0.2) is 0 Å². The summed E-state index contributed by atoms with van der Waals surface area (Å²) >= 11 is 0. The van der Waals surface area contributed by atoms with Gasteiger partial charge in [-0.3, -0.25) is 14.3 Å². The minimum atomic E-state index is -1.05. The van der Waals surface area contributed by atoms with Crippen molar-refractivity contribution in [2.75, 3.05) is 39.5 Å². The van der Waals surface area contributed by atoms with Crippen molar-refractivity contribution < 1.29 is 19.4 Å². The van der Waals surface area contributed by atoms with Gasteiger partial charge in [0.2, 0.25) is 0 Å². The van der Waals surface area contributed by atoms with Crippen LogP contribution in [0, 0.1) is 6.92 Å². The summed E-state index contributed by atoms with van der Waals surface area (Å²) in [5.74, 6) is -0.444. The maximum atomic E-state index is 13.2. The molecule has 8 heteroatoms. The highest BCUT2D eigenvalue weighted by Gasteiger charge is 2.13. The second kappa shape index (κ2) is 9.28. The van der Waals surface area contributed by atoms with Gasteiger partial charge in [-0.1, -0.05) is 6.07 Å². The van der Waals surface area contributed by atoms with Crippen LogP contribution in [0.15, 0.2) is 47.5 Å². The van der Waals surface area contributed by atoms with Crippen molar-refractivity contribution >= 4 is 16.9 Å². The summed E-state index contributed by atoms with van der Waals surface area (Å²) in [7, 11) is 0. The first-order valence-electron chi connectivity index (χ1n) is 10.3. The fourth-order valence-electron chi connectivity index (χ4n) is 3.68. The topological polar surface area (TPSA) is 93.9 Å². The Balaban J connectivity index is 1.58. The van der Waals surface area contributed by atoms with Crippen LogP contribution in [0.25, 0.3) is 16.6 Å². The third-order valence-electron chi connectivity index (χ3n) is 5.44. The van der Waals surface area contributed by atoms with Gasteiger partial charge in [0.25, 0.3) is 5.56 Å². The molecule has 1 saturated heterocycles. The van der Waals surface area contributed by atoms with Crippen LogP contribution in [0.2, 0.25) is 0 Å². The molecule has 0 bridgehead atoms. The summed E-state index contributed by atoms with van der Waals surface area (Å²) in [6, 6.07) is 9.95. The van der Waals surface area contributed by atoms with Crippen molar-refractivity contribution in [2.24, 2.45) is 0 Å². The Labute approximate surface area is 179 Å². The first kappa shape index (κ1) is 21.0. The number of rotatable bonds is 6. The second-order valence-electron chi connectivity index (χ2n) is 7.56. The maximum Gasteiger partial charge on any atom is 0.335 e. The van der Waals surface area contributed by atoms with Crippen LogP contribution in [0.5, 0.6) is 5.75 Å². The molecule has 2 heterocycles. The van der Waals surface area contributed by atoms with Gasteiger partial charge in [0, 0.05) is 26.2 Å². The minimum absolute atomic E-state index is 0.114. The van der Waals surface area contributed by atoms with E-state index in [2.05, 4.69) is 9.88 Å². The number of benzene rings is 2. The third-order valence-corrected chi connectivity index (χ3v) is 5.44. The predicted octanol–water partition coefficient (Wildman–Crippen LogP) is 2.49. The maximum absolute atomic E-state index is 13.2. The van der Waals surface area contributed by atoms with Gasteiger partial charge in [-0.05, 0) is 49.2 Å². The highest BCUT2D eigenvalue weighted by Crippen LogP contribution is 2.19. The Morgan fingerprint density at radius 1 is 1.19 bits per heavy atom. The standard InChI is InChI=1S/C23H25N3O5/c1-16-3-4-17(23(28)29)13-21(16)26-15-24-20-6-5-18(14-19(20)22(26)27)31-12-9-25-7-2-10-30-11-8-25/h3-6,13-15H,2,7-12H2,1H3,(H,28,29). The van der Waals surface area contributed by atoms with Crippen LogP contribution in [-0.2, 0) is 4.74 Å². The lowest BCUT2D eigenvalue weighted by Gasteiger charge is -2.19. The molecule has 0 spiro atoms. The molecule has 0 unspecified atom stereocenters. The zero-order valence-electron chi connectivity index (χ0n) is 17.4. The molecular weight excluding hydrogens is 398 g/mol. The number of ether oxygens (including phenoxy) is 2. The number of hydrogen-bond donors (Lipinski definition) is 1. The van der Waals surface area contributed by atoms with Gasteiger partial charge in [-0.2, -0.15) is 0 Å². The largest absolute Gasteiger partial charge is 0.492 e. The lowest BCUT2D eigenvalue weighted by molar-refractivity contribution is 0.0697. The lowest BCUT2D eigenvalue weighted by atomic mass is 10.1. The van der Waals surface area contributed by atoms with E-state index in [1.807, 2.05) is 6.92 Å². The number of nitrogens with zero attached hydrogens (tertiary/aromatic N) is 3. The summed E-state index contributed by atoms with van der Waals surface area (Å²) in [6.45, 7) is 6.55. The highest BCUT2D eigenvalue weighted by atomic mass is 16.5. The van der Waals surface area contributed by atoms with Gasteiger partial charge in [0.05, 0.1) is 28.8 Å². The average Bonchev–Trinajstić information content (AvgIpc) is 3.04. The van der Waals surface area contributed by atoms with Gasteiger partial charge >= 0.3 is 5.97 Å². The number of aromatic nitrogens is 2. The quantitative estimate of drug-likeness (QED) is 0.651. The van der Waals surface area contributed by atoms with E-state index in [1.54, 1.807) is 24.3 Å². The summed E-state index contributed by atoms with van der Waals surface area (Å²) < 4.78 is 12.7. The summed E-state index contributed by atoms with van der Waals surface area (Å²) in [4.78, 5) is 31.2. The van der Waals surface area contributed by atoms with Gasteiger partial charge in [0.1, 0.15) is 18.7 Å². The van der Waals surface area contributed by atoms with E-state index in [-0.39, 0.29) is 11.1 Å². The van der Waals surface area contributed by atoms with Gasteiger partial charge in [-0.25, -0.2) is 9.78 Å². The fraction of sp³-hybridized carbons (Fsp3) is 0.348. The van der Waals surface area contributed by atoms with Crippen molar-refractivity contribution in [2.45, 2.75) is 13.3 Å². The Kier molecular flexibility index (Phi) is 6.29. The number of aromatic carboxylic acids is 1. The van der Waals surface area contributed by atoms with Crippen LogP contribution in [0.4, 0.5) is 0 Å². The average molecular weight is 423 g/mol. The van der Waals surface area contributed by atoms with E-state index in [0.717, 1.165) is 44.8 Å². The highest BCUT2D eigenvalue weighted by molar-refractivity contribution is 5.88. The van der Waals surface area contributed by atoms with Crippen LogP contribution in [-0.4, -0.2) is 65.0 Å². The minimum Gasteiger partial charge on any atom is -0.492 e. The molecule has 4 rings (SSSR count). The lowest BCUT2D eigenvalue weighted by Crippen LogP contribution is -2.30. The van der Waals surface area contributed by atoms with E-state index in [0.29, 0.717) is 28.9 Å². The van der Waals surface area contributed by atoms with Crippen molar-refractivity contribution in [3.05, 3.63) is 64.2 Å². The van der Waals surface area contributed by atoms with Crippen molar-refractivity contribution in [3.8, 4) is 11.4 Å². The number of hydrogen-bond acceptors (Lipinski definition) is 6. The van der Waals surface area contributed by atoms with Crippen molar-refractivity contribution in [1.82, 2.24) is 14.5 Å². The zero-order valence-corrected chi connectivity index (χ0v) is 17.4. The molecule has 8 nitrogen and oxygen atoms in total. The number of carbonyl (C=O) groups is 1. The first-order chi connectivity index (χ1) is 15.0. The number of aryl methyl sites for hydroxylation is 1. The SMILES string of the molecule is Cc1ccc(C(=O)O)cc1-n1cnc2ccc(OCCN3CCCOCC3)cc2c1=O. The monoisotopic (exact) mass is 423 g/mol. The van der Waals surface area contributed by atoms with E-state index in [9.17, 15) is 14.7 Å². The molecule has 1 aliphatic rings. The van der Waals surface area contributed by atoms with E-state index >= 15 is 0 Å². The molecule has 0 radical (unpaired) electrons. The second-order valence-corrected chi connectivity index (χ2v) is 7.56. The molecule has 0 saturated carbocycles. The van der Waals surface area contributed by atoms with E-state index < -0.39 is 5.97 Å². The van der Waals surface area contributed by atoms with Crippen LogP contribution < -0.4 is 10.3 Å². The molecule has 1 aliphatic heterocycles. The number of carboxylic acids is 1. The van der Waals surface area contributed by atoms with E-state index in [4.69, 9.17) is 9.47 Å². The zero-order chi connectivity index (χ0) is 21.8. The number of fused-ring (bicyclic) bond motifs is 1. The first-order valence-corrected chi connectivity index (χ1v) is 10.3. The Hall–Kier alpha value is -3.23. The summed E-state index contributed by atoms with van der Waals surface area (Å²) in [6.07, 6.45) is 2.45. The smallest absolute Gasteiger partial charge is 0.335 e. The van der Waals surface area contributed by atoms with Crippen molar-refractivity contribution in [1.29, 1.82) is 0 Å². The molecule has 3 aromatic rings. The molecule has 0 amide bonds.